The van der Waals surface area contributed by atoms with Crippen LogP contribution in [0.2, 0.25) is 0 Å². The largest absolute Gasteiger partial charge is 0.326 e. The number of carbonyl (C=O) groups is 1. The van der Waals surface area contributed by atoms with Crippen LogP contribution in [0.15, 0.2) is 0 Å². The van der Waals surface area contributed by atoms with Gasteiger partial charge in [-0.05, 0) is 23.9 Å². The molecule has 0 heterocycles. The number of hydrogen-bond donors (Lipinski definition) is 1. The van der Waals surface area contributed by atoms with Crippen LogP contribution in [0.3, 0.4) is 0 Å². The molecule has 0 aliphatic carbocycles. The zero-order valence-corrected chi connectivity index (χ0v) is 8.24. The third kappa shape index (κ3) is 6.45. The molecule has 1 amide bonds. The molecule has 2 atom stereocenters. The zero-order valence-electron chi connectivity index (χ0n) is 6.73. The first-order chi connectivity index (χ1) is 5.06. The van der Waals surface area contributed by atoms with Crippen molar-refractivity contribution in [1.82, 2.24) is 5.32 Å². The Morgan fingerprint density at radius 1 is 1.64 bits per heavy atom. The lowest BCUT2D eigenvalue weighted by molar-refractivity contribution is 0.257. The minimum Gasteiger partial charge on any atom is -0.326 e. The van der Waals surface area contributed by atoms with Crippen LogP contribution in [0.1, 0.15) is 26.7 Å². The first kappa shape index (κ1) is 11.1. The monoisotopic (exact) mass is 197 g/mol. The van der Waals surface area contributed by atoms with Crippen LogP contribution in [0.5, 0.6) is 0 Å². The predicted molar refractivity (Wildman–Crippen MR) is 48.1 cm³/mol. The third-order valence-electron chi connectivity index (χ3n) is 1.58. The van der Waals surface area contributed by atoms with Crippen molar-refractivity contribution in [1.29, 1.82) is 0 Å². The molecular formula is C7H13Cl2NO. The lowest BCUT2D eigenvalue weighted by Crippen LogP contribution is -2.27. The molecular weight excluding hydrogens is 185 g/mol. The van der Waals surface area contributed by atoms with Crippen molar-refractivity contribution < 1.29 is 4.79 Å². The van der Waals surface area contributed by atoms with Gasteiger partial charge >= 0.3 is 5.37 Å². The summed E-state index contributed by atoms with van der Waals surface area (Å²) in [5, 5.41) is 1.81. The van der Waals surface area contributed by atoms with Gasteiger partial charge in [0.25, 0.3) is 0 Å². The molecule has 4 heteroatoms. The van der Waals surface area contributed by atoms with Gasteiger partial charge in [-0.15, -0.1) is 0 Å². The van der Waals surface area contributed by atoms with Gasteiger partial charge in [0.2, 0.25) is 0 Å². The van der Waals surface area contributed by atoms with Gasteiger partial charge in [0.05, 0.1) is 0 Å². The normalized spacial score (nSPS) is 15.6. The Morgan fingerprint density at radius 3 is 2.55 bits per heavy atom. The molecule has 11 heavy (non-hydrogen) atoms. The van der Waals surface area contributed by atoms with E-state index in [1.54, 1.807) is 0 Å². The molecule has 0 bridgehead atoms. The van der Waals surface area contributed by atoms with E-state index in [-0.39, 0.29) is 5.50 Å². The number of hydrogen-bond acceptors (Lipinski definition) is 1. The Kier molecular flexibility index (Phi) is 5.69. The highest BCUT2D eigenvalue weighted by molar-refractivity contribution is 6.63. The summed E-state index contributed by atoms with van der Waals surface area (Å²) in [4.78, 5) is 10.3. The smallest absolute Gasteiger partial charge is 0.314 e. The van der Waals surface area contributed by atoms with E-state index in [1.165, 1.54) is 0 Å². The Hall–Kier alpha value is 0.0500. The molecule has 0 fully saturated rings. The average molecular weight is 198 g/mol. The third-order valence-corrected chi connectivity index (χ3v) is 1.97. The molecule has 0 radical (unpaired) electrons. The summed E-state index contributed by atoms with van der Waals surface area (Å²) in [6.45, 7) is 4.16. The summed E-state index contributed by atoms with van der Waals surface area (Å²) in [5.74, 6) is 0.515. The van der Waals surface area contributed by atoms with Gasteiger partial charge in [0, 0.05) is 0 Å². The van der Waals surface area contributed by atoms with Crippen molar-refractivity contribution in [2.24, 2.45) is 5.92 Å². The van der Waals surface area contributed by atoms with E-state index >= 15 is 0 Å². The minimum atomic E-state index is -0.590. The fraction of sp³-hybridized carbons (Fsp3) is 0.857. The first-order valence-electron chi connectivity index (χ1n) is 3.66. The van der Waals surface area contributed by atoms with Gasteiger partial charge in [-0.2, -0.15) is 0 Å². The number of alkyl halides is 1. The van der Waals surface area contributed by atoms with E-state index < -0.39 is 5.37 Å². The number of halogens is 2. The van der Waals surface area contributed by atoms with Crippen LogP contribution >= 0.6 is 23.2 Å². The van der Waals surface area contributed by atoms with Gasteiger partial charge in [-0.3, -0.25) is 4.79 Å². The molecule has 2 nitrogen and oxygen atoms in total. The predicted octanol–water partition coefficient (Wildman–Crippen LogP) is 2.94. The van der Waals surface area contributed by atoms with Gasteiger partial charge in [-0.25, -0.2) is 0 Å². The number of nitrogens with one attached hydrogen (secondary N) is 1. The van der Waals surface area contributed by atoms with Crippen LogP contribution in [0.25, 0.3) is 0 Å². The van der Waals surface area contributed by atoms with Crippen molar-refractivity contribution in [2.45, 2.75) is 32.2 Å². The van der Waals surface area contributed by atoms with E-state index in [0.29, 0.717) is 5.92 Å². The maximum absolute atomic E-state index is 10.3. The van der Waals surface area contributed by atoms with E-state index in [2.05, 4.69) is 19.2 Å². The topological polar surface area (TPSA) is 29.1 Å². The van der Waals surface area contributed by atoms with Gasteiger partial charge in [0.1, 0.15) is 5.50 Å². The van der Waals surface area contributed by atoms with Crippen LogP contribution < -0.4 is 5.32 Å². The van der Waals surface area contributed by atoms with Gasteiger partial charge in [-0.1, -0.05) is 31.9 Å². The first-order valence-corrected chi connectivity index (χ1v) is 4.47. The van der Waals surface area contributed by atoms with Crippen molar-refractivity contribution in [3.05, 3.63) is 0 Å². The van der Waals surface area contributed by atoms with Crippen LogP contribution in [-0.4, -0.2) is 10.9 Å². The van der Waals surface area contributed by atoms with Gasteiger partial charge < -0.3 is 5.32 Å². The zero-order chi connectivity index (χ0) is 8.85. The number of carbonyl (C=O) groups excluding carboxylic acids is 1. The fourth-order valence-electron chi connectivity index (χ4n) is 0.702. The number of amides is 1. The van der Waals surface area contributed by atoms with E-state index in [4.69, 9.17) is 23.2 Å². The van der Waals surface area contributed by atoms with Gasteiger partial charge in [0.15, 0.2) is 0 Å². The van der Waals surface area contributed by atoms with Crippen molar-refractivity contribution in [3.63, 3.8) is 0 Å². The lowest BCUT2D eigenvalue weighted by Gasteiger charge is -2.13. The second-order valence-corrected chi connectivity index (χ2v) is 3.50. The summed E-state index contributed by atoms with van der Waals surface area (Å²) >= 11 is 10.8. The molecule has 2 unspecified atom stereocenters. The molecule has 0 aromatic heterocycles. The van der Waals surface area contributed by atoms with E-state index in [0.717, 1.165) is 12.8 Å². The second kappa shape index (κ2) is 5.67. The molecule has 66 valence electrons. The summed E-state index contributed by atoms with van der Waals surface area (Å²) in [6, 6.07) is 0. The number of rotatable bonds is 4. The van der Waals surface area contributed by atoms with E-state index in [9.17, 15) is 4.79 Å². The maximum atomic E-state index is 10.3. The Labute approximate surface area is 77.2 Å². The van der Waals surface area contributed by atoms with E-state index in [1.807, 2.05) is 0 Å². The quantitative estimate of drug-likeness (QED) is 0.420. The molecule has 0 aliphatic heterocycles. The Balaban J connectivity index is 3.51. The molecule has 0 saturated heterocycles. The Morgan fingerprint density at radius 2 is 2.18 bits per heavy atom. The lowest BCUT2D eigenvalue weighted by atomic mass is 10.1. The molecule has 0 spiro atoms. The highest BCUT2D eigenvalue weighted by Gasteiger charge is 2.09. The average Bonchev–Trinajstić information content (AvgIpc) is 1.85. The van der Waals surface area contributed by atoms with Crippen LogP contribution in [0, 0.1) is 5.92 Å². The standard InChI is InChI=1S/C7H13Cl2NO/c1-3-5(2)4-6(8)10-7(9)11/h5-6H,3-4H2,1-2H3,(H,10,11). The molecule has 0 saturated carbocycles. The SMILES string of the molecule is CCC(C)CC(Cl)NC(=O)Cl. The minimum absolute atomic E-state index is 0.338. The molecule has 1 N–H and O–H groups in total. The molecule has 0 aromatic carbocycles. The molecule has 0 aromatic rings. The van der Waals surface area contributed by atoms with Crippen molar-refractivity contribution >= 4 is 28.6 Å². The summed E-state index contributed by atoms with van der Waals surface area (Å²) in [7, 11) is 0. The van der Waals surface area contributed by atoms with Crippen LogP contribution in [-0.2, 0) is 0 Å². The van der Waals surface area contributed by atoms with Crippen molar-refractivity contribution in [2.75, 3.05) is 0 Å². The summed E-state index contributed by atoms with van der Waals surface area (Å²) in [6.07, 6.45) is 1.82. The summed E-state index contributed by atoms with van der Waals surface area (Å²) < 4.78 is 0. The van der Waals surface area contributed by atoms with Crippen LogP contribution in [0.4, 0.5) is 4.79 Å². The van der Waals surface area contributed by atoms with Crippen molar-refractivity contribution in [3.8, 4) is 0 Å². The maximum Gasteiger partial charge on any atom is 0.314 e. The fourth-order valence-corrected chi connectivity index (χ4v) is 1.29. The second-order valence-electron chi connectivity index (χ2n) is 2.63. The summed E-state index contributed by atoms with van der Waals surface area (Å²) in [5.41, 5.74) is -0.338. The highest BCUT2D eigenvalue weighted by Crippen LogP contribution is 2.12. The molecule has 0 aliphatic rings. The Bertz CT molecular complexity index is 130. The molecule has 0 rings (SSSR count). The highest BCUT2D eigenvalue weighted by atomic mass is 35.5.